The first-order chi connectivity index (χ1) is 11.8. The lowest BCUT2D eigenvalue weighted by molar-refractivity contribution is -0.140. The number of hydrogen-bond acceptors (Lipinski definition) is 5. The molecule has 25 heavy (non-hydrogen) atoms. The summed E-state index contributed by atoms with van der Waals surface area (Å²) < 4.78 is 0. The molecule has 132 valence electrons. The number of carboxylic acid groups (broad SMARTS) is 1. The number of nitrogens with one attached hydrogen (secondary N) is 2. The van der Waals surface area contributed by atoms with Crippen molar-refractivity contribution in [2.24, 2.45) is 5.92 Å². The molecule has 0 aliphatic rings. The zero-order valence-electron chi connectivity index (χ0n) is 14.7. The predicted molar refractivity (Wildman–Crippen MR) is 95.0 cm³/mol. The second-order valence-electron chi connectivity index (χ2n) is 6.21. The van der Waals surface area contributed by atoms with E-state index in [-0.39, 0.29) is 5.92 Å². The van der Waals surface area contributed by atoms with Crippen LogP contribution in [0.2, 0.25) is 0 Å². The normalized spacial score (nSPS) is 11.9. The van der Waals surface area contributed by atoms with Crippen LogP contribution in [0.1, 0.15) is 35.6 Å². The van der Waals surface area contributed by atoms with Crippen LogP contribution in [0.4, 0.5) is 11.6 Å². The van der Waals surface area contributed by atoms with Gasteiger partial charge >= 0.3 is 5.97 Å². The van der Waals surface area contributed by atoms with Gasteiger partial charge in [0.25, 0.3) is 5.91 Å². The van der Waals surface area contributed by atoms with E-state index in [1.54, 1.807) is 38.1 Å². The maximum absolute atomic E-state index is 12.2. The fraction of sp³-hybridized carbons (Fsp3) is 0.333. The Hall–Kier alpha value is -2.96. The molecule has 7 nitrogen and oxygen atoms in total. The molecular weight excluding hydrogens is 320 g/mol. The second kappa shape index (κ2) is 7.74. The molecule has 0 radical (unpaired) electrons. The lowest BCUT2D eigenvalue weighted by atomic mass is 10.0. The number of carbonyl (C=O) groups excluding carboxylic acids is 1. The lowest BCUT2D eigenvalue weighted by Crippen LogP contribution is -2.44. The molecule has 1 unspecified atom stereocenters. The Morgan fingerprint density at radius 1 is 1.04 bits per heavy atom. The number of nitrogens with zero attached hydrogens (tertiary/aromatic N) is 2. The SMILES string of the molecule is Cc1cc(C)nc(Nc2ccc(C(=O)NC(C(=O)O)C(C)C)cc2)n1. The molecule has 2 rings (SSSR count). The van der Waals surface area contributed by atoms with Gasteiger partial charge in [-0.1, -0.05) is 13.8 Å². The van der Waals surface area contributed by atoms with Crippen molar-refractivity contribution in [2.45, 2.75) is 33.7 Å². The summed E-state index contributed by atoms with van der Waals surface area (Å²) in [5, 5.41) is 14.8. The molecule has 1 amide bonds. The average Bonchev–Trinajstić information content (AvgIpc) is 2.51. The molecule has 1 aromatic heterocycles. The van der Waals surface area contributed by atoms with E-state index in [4.69, 9.17) is 5.11 Å². The smallest absolute Gasteiger partial charge is 0.326 e. The van der Waals surface area contributed by atoms with Gasteiger partial charge in [0, 0.05) is 22.6 Å². The van der Waals surface area contributed by atoms with Crippen LogP contribution in [0, 0.1) is 19.8 Å². The van der Waals surface area contributed by atoms with Crippen LogP contribution in [-0.2, 0) is 4.79 Å². The first-order valence-electron chi connectivity index (χ1n) is 7.99. The number of aliphatic carboxylic acids is 1. The number of rotatable bonds is 6. The third-order valence-corrected chi connectivity index (χ3v) is 3.60. The Morgan fingerprint density at radius 3 is 2.08 bits per heavy atom. The van der Waals surface area contributed by atoms with E-state index in [0.717, 1.165) is 17.1 Å². The molecule has 0 saturated heterocycles. The number of benzene rings is 1. The minimum absolute atomic E-state index is 0.205. The third kappa shape index (κ3) is 5.00. The Labute approximate surface area is 146 Å². The summed E-state index contributed by atoms with van der Waals surface area (Å²) in [5.74, 6) is -1.19. The Kier molecular flexibility index (Phi) is 5.69. The summed E-state index contributed by atoms with van der Waals surface area (Å²) in [4.78, 5) is 32.0. The van der Waals surface area contributed by atoms with Crippen LogP contribution in [0.3, 0.4) is 0 Å². The van der Waals surface area contributed by atoms with Crippen molar-refractivity contribution in [3.05, 3.63) is 47.3 Å². The van der Waals surface area contributed by atoms with Gasteiger partial charge in [0.2, 0.25) is 5.95 Å². The van der Waals surface area contributed by atoms with Gasteiger partial charge < -0.3 is 15.7 Å². The molecule has 7 heteroatoms. The van der Waals surface area contributed by atoms with Crippen LogP contribution >= 0.6 is 0 Å². The first-order valence-corrected chi connectivity index (χ1v) is 7.99. The number of carboxylic acids is 1. The number of aromatic nitrogens is 2. The molecule has 1 aromatic carbocycles. The monoisotopic (exact) mass is 342 g/mol. The van der Waals surface area contributed by atoms with E-state index in [0.29, 0.717) is 11.5 Å². The Balaban J connectivity index is 2.08. The zero-order valence-corrected chi connectivity index (χ0v) is 14.7. The summed E-state index contributed by atoms with van der Waals surface area (Å²) in [6.07, 6.45) is 0. The molecule has 2 aromatic rings. The van der Waals surface area contributed by atoms with Crippen molar-refractivity contribution in [2.75, 3.05) is 5.32 Å². The maximum Gasteiger partial charge on any atom is 0.326 e. The fourth-order valence-electron chi connectivity index (χ4n) is 2.35. The van der Waals surface area contributed by atoms with E-state index in [1.807, 2.05) is 19.9 Å². The molecule has 1 heterocycles. The van der Waals surface area contributed by atoms with Gasteiger partial charge in [-0.3, -0.25) is 4.79 Å². The highest BCUT2D eigenvalue weighted by molar-refractivity contribution is 5.96. The van der Waals surface area contributed by atoms with Crippen LogP contribution in [-0.4, -0.2) is 33.0 Å². The topological polar surface area (TPSA) is 104 Å². The fourth-order valence-corrected chi connectivity index (χ4v) is 2.35. The van der Waals surface area contributed by atoms with Crippen LogP contribution in [0.5, 0.6) is 0 Å². The molecule has 0 saturated carbocycles. The first kappa shape index (κ1) is 18.4. The molecule has 0 spiro atoms. The van der Waals surface area contributed by atoms with E-state index in [9.17, 15) is 9.59 Å². The summed E-state index contributed by atoms with van der Waals surface area (Å²) in [6.45, 7) is 7.27. The summed E-state index contributed by atoms with van der Waals surface area (Å²) >= 11 is 0. The van der Waals surface area contributed by atoms with Crippen molar-refractivity contribution in [3.8, 4) is 0 Å². The quantitative estimate of drug-likeness (QED) is 0.745. The summed E-state index contributed by atoms with van der Waals surface area (Å²) in [5.41, 5.74) is 2.85. The molecule has 0 aliphatic carbocycles. The average molecular weight is 342 g/mol. The number of anilines is 2. The Morgan fingerprint density at radius 2 is 1.60 bits per heavy atom. The highest BCUT2D eigenvalue weighted by Gasteiger charge is 2.23. The number of hydrogen-bond donors (Lipinski definition) is 3. The van der Waals surface area contributed by atoms with Gasteiger partial charge in [-0.15, -0.1) is 0 Å². The number of amides is 1. The van der Waals surface area contributed by atoms with Crippen molar-refractivity contribution in [1.82, 2.24) is 15.3 Å². The molecule has 0 aliphatic heterocycles. The highest BCUT2D eigenvalue weighted by Crippen LogP contribution is 2.15. The third-order valence-electron chi connectivity index (χ3n) is 3.60. The van der Waals surface area contributed by atoms with Gasteiger partial charge in [-0.05, 0) is 50.1 Å². The van der Waals surface area contributed by atoms with E-state index in [2.05, 4.69) is 20.6 Å². The molecular formula is C18H22N4O3. The summed E-state index contributed by atoms with van der Waals surface area (Å²) in [7, 11) is 0. The maximum atomic E-state index is 12.2. The standard InChI is InChI=1S/C18H22N4O3/c1-10(2)15(17(24)25)22-16(23)13-5-7-14(8-6-13)21-18-19-11(3)9-12(4)20-18/h5-10,15H,1-4H3,(H,22,23)(H,24,25)(H,19,20,21). The second-order valence-corrected chi connectivity index (χ2v) is 6.21. The number of carbonyl (C=O) groups is 2. The van der Waals surface area contributed by atoms with Crippen LogP contribution < -0.4 is 10.6 Å². The molecule has 3 N–H and O–H groups in total. The Bertz CT molecular complexity index is 752. The van der Waals surface area contributed by atoms with E-state index >= 15 is 0 Å². The van der Waals surface area contributed by atoms with Crippen LogP contribution in [0.25, 0.3) is 0 Å². The molecule has 0 fully saturated rings. The van der Waals surface area contributed by atoms with Gasteiger partial charge in [0.15, 0.2) is 0 Å². The van der Waals surface area contributed by atoms with Crippen molar-refractivity contribution in [1.29, 1.82) is 0 Å². The minimum Gasteiger partial charge on any atom is -0.480 e. The summed E-state index contributed by atoms with van der Waals surface area (Å²) in [6, 6.07) is 7.65. The minimum atomic E-state index is -1.05. The van der Waals surface area contributed by atoms with E-state index < -0.39 is 17.9 Å². The van der Waals surface area contributed by atoms with Crippen molar-refractivity contribution in [3.63, 3.8) is 0 Å². The van der Waals surface area contributed by atoms with Gasteiger partial charge in [0.1, 0.15) is 6.04 Å². The molecule has 1 atom stereocenters. The van der Waals surface area contributed by atoms with Crippen molar-refractivity contribution < 1.29 is 14.7 Å². The number of aryl methyl sites for hydroxylation is 2. The largest absolute Gasteiger partial charge is 0.480 e. The predicted octanol–water partition coefficient (Wildman–Crippen LogP) is 2.68. The van der Waals surface area contributed by atoms with Crippen molar-refractivity contribution >= 4 is 23.5 Å². The highest BCUT2D eigenvalue weighted by atomic mass is 16.4. The van der Waals surface area contributed by atoms with Crippen LogP contribution in [0.15, 0.2) is 30.3 Å². The lowest BCUT2D eigenvalue weighted by Gasteiger charge is -2.18. The van der Waals surface area contributed by atoms with Gasteiger partial charge in [0.05, 0.1) is 0 Å². The van der Waals surface area contributed by atoms with Gasteiger partial charge in [-0.25, -0.2) is 14.8 Å². The zero-order chi connectivity index (χ0) is 18.6. The van der Waals surface area contributed by atoms with E-state index in [1.165, 1.54) is 0 Å². The molecule has 0 bridgehead atoms. The van der Waals surface area contributed by atoms with Gasteiger partial charge in [-0.2, -0.15) is 0 Å².